The summed E-state index contributed by atoms with van der Waals surface area (Å²) in [6, 6.07) is 4.81. The maximum Gasteiger partial charge on any atom is 0.315 e. The molecule has 0 unspecified atom stereocenters. The predicted octanol–water partition coefficient (Wildman–Crippen LogP) is 0.445. The third kappa shape index (κ3) is 2.58. The zero-order chi connectivity index (χ0) is 14.8. The van der Waals surface area contributed by atoms with E-state index in [2.05, 4.69) is 10.6 Å². The molecule has 0 bridgehead atoms. The molecule has 1 aromatic carbocycles. The molecule has 2 N–H and O–H groups in total. The van der Waals surface area contributed by atoms with Crippen LogP contribution < -0.4 is 20.1 Å². The first-order chi connectivity index (χ1) is 10.2. The number of amides is 3. The Morgan fingerprint density at radius 1 is 1.43 bits per heavy atom. The number of rotatable bonds is 4. The van der Waals surface area contributed by atoms with Crippen molar-refractivity contribution in [2.24, 2.45) is 0 Å². The van der Waals surface area contributed by atoms with Crippen molar-refractivity contribution in [3.05, 3.63) is 23.8 Å². The average molecular weight is 291 g/mol. The molecule has 21 heavy (non-hydrogen) atoms. The molecule has 1 atom stereocenters. The Morgan fingerprint density at radius 2 is 2.29 bits per heavy atom. The Bertz CT molecular complexity index is 575. The SMILES string of the molecule is CCN(Cc1cccc2c1OCO2)C(=O)[C@H]1CNC(=O)N1. The number of hydrogen-bond acceptors (Lipinski definition) is 4. The predicted molar refractivity (Wildman–Crippen MR) is 74.0 cm³/mol. The van der Waals surface area contributed by atoms with Crippen LogP contribution in [0.1, 0.15) is 12.5 Å². The van der Waals surface area contributed by atoms with E-state index in [1.807, 2.05) is 25.1 Å². The molecular weight excluding hydrogens is 274 g/mol. The van der Waals surface area contributed by atoms with Gasteiger partial charge < -0.3 is 25.0 Å². The van der Waals surface area contributed by atoms with Gasteiger partial charge in [-0.25, -0.2) is 4.79 Å². The first-order valence-corrected chi connectivity index (χ1v) is 6.89. The summed E-state index contributed by atoms with van der Waals surface area (Å²) in [5.74, 6) is 1.29. The maximum atomic E-state index is 12.4. The third-order valence-corrected chi connectivity index (χ3v) is 3.60. The lowest BCUT2D eigenvalue weighted by Gasteiger charge is -2.24. The Hall–Kier alpha value is -2.44. The van der Waals surface area contributed by atoms with Gasteiger partial charge in [0.25, 0.3) is 0 Å². The van der Waals surface area contributed by atoms with Gasteiger partial charge in [-0.15, -0.1) is 0 Å². The number of fused-ring (bicyclic) bond motifs is 1. The van der Waals surface area contributed by atoms with Crippen LogP contribution in [0.3, 0.4) is 0 Å². The topological polar surface area (TPSA) is 79.9 Å². The molecule has 0 radical (unpaired) electrons. The Kier molecular flexibility index (Phi) is 3.55. The van der Waals surface area contributed by atoms with E-state index >= 15 is 0 Å². The van der Waals surface area contributed by atoms with Gasteiger partial charge in [0, 0.05) is 25.2 Å². The Morgan fingerprint density at radius 3 is 3.00 bits per heavy atom. The second-order valence-electron chi connectivity index (χ2n) is 4.91. The largest absolute Gasteiger partial charge is 0.454 e. The molecule has 0 aliphatic carbocycles. The van der Waals surface area contributed by atoms with Crippen molar-refractivity contribution in [2.45, 2.75) is 19.5 Å². The van der Waals surface area contributed by atoms with E-state index in [-0.39, 0.29) is 18.7 Å². The van der Waals surface area contributed by atoms with E-state index in [9.17, 15) is 9.59 Å². The number of likely N-dealkylation sites (N-methyl/N-ethyl adjacent to an activating group) is 1. The first-order valence-electron chi connectivity index (χ1n) is 6.89. The van der Waals surface area contributed by atoms with E-state index in [0.29, 0.717) is 31.1 Å². The number of benzene rings is 1. The molecule has 1 saturated heterocycles. The Labute approximate surface area is 122 Å². The fourth-order valence-corrected chi connectivity index (χ4v) is 2.49. The summed E-state index contributed by atoms with van der Waals surface area (Å²) >= 11 is 0. The number of hydrogen-bond donors (Lipinski definition) is 2. The van der Waals surface area contributed by atoms with Gasteiger partial charge in [0.05, 0.1) is 0 Å². The minimum atomic E-state index is -0.508. The molecule has 3 amide bonds. The van der Waals surface area contributed by atoms with Crippen LogP contribution in [0.2, 0.25) is 0 Å². The quantitative estimate of drug-likeness (QED) is 0.844. The summed E-state index contributed by atoms with van der Waals surface area (Å²) in [6.45, 7) is 3.41. The highest BCUT2D eigenvalue weighted by Crippen LogP contribution is 2.35. The number of urea groups is 1. The number of nitrogens with zero attached hydrogens (tertiary/aromatic N) is 1. The normalized spacial score (nSPS) is 19.1. The van der Waals surface area contributed by atoms with Crippen LogP contribution in [-0.4, -0.2) is 42.8 Å². The van der Waals surface area contributed by atoms with Crippen LogP contribution in [0.4, 0.5) is 4.79 Å². The molecule has 2 heterocycles. The van der Waals surface area contributed by atoms with Crippen molar-refractivity contribution in [1.29, 1.82) is 0 Å². The molecule has 2 aliphatic rings. The van der Waals surface area contributed by atoms with Crippen molar-refractivity contribution in [3.8, 4) is 11.5 Å². The fourth-order valence-electron chi connectivity index (χ4n) is 2.49. The number of ether oxygens (including phenoxy) is 2. The van der Waals surface area contributed by atoms with Gasteiger partial charge in [-0.2, -0.15) is 0 Å². The zero-order valence-electron chi connectivity index (χ0n) is 11.7. The highest BCUT2D eigenvalue weighted by molar-refractivity contribution is 5.90. The smallest absolute Gasteiger partial charge is 0.315 e. The average Bonchev–Trinajstić information content (AvgIpc) is 3.12. The van der Waals surface area contributed by atoms with E-state index < -0.39 is 6.04 Å². The van der Waals surface area contributed by atoms with Crippen LogP contribution in [0.5, 0.6) is 11.5 Å². The number of carbonyl (C=O) groups excluding carboxylic acids is 2. The van der Waals surface area contributed by atoms with E-state index in [1.54, 1.807) is 4.90 Å². The fraction of sp³-hybridized carbons (Fsp3) is 0.429. The second-order valence-corrected chi connectivity index (χ2v) is 4.91. The van der Waals surface area contributed by atoms with Crippen LogP contribution in [-0.2, 0) is 11.3 Å². The lowest BCUT2D eigenvalue weighted by molar-refractivity contribution is -0.133. The van der Waals surface area contributed by atoms with Gasteiger partial charge in [-0.1, -0.05) is 12.1 Å². The lowest BCUT2D eigenvalue weighted by atomic mass is 10.1. The van der Waals surface area contributed by atoms with Crippen molar-refractivity contribution < 1.29 is 19.1 Å². The van der Waals surface area contributed by atoms with E-state index in [0.717, 1.165) is 5.56 Å². The molecule has 0 spiro atoms. The second kappa shape index (κ2) is 5.51. The van der Waals surface area contributed by atoms with Crippen molar-refractivity contribution in [2.75, 3.05) is 19.9 Å². The lowest BCUT2D eigenvalue weighted by Crippen LogP contribution is -2.45. The number of para-hydroxylation sites is 1. The van der Waals surface area contributed by atoms with Crippen molar-refractivity contribution in [1.82, 2.24) is 15.5 Å². The highest BCUT2D eigenvalue weighted by atomic mass is 16.7. The highest BCUT2D eigenvalue weighted by Gasteiger charge is 2.30. The van der Waals surface area contributed by atoms with Gasteiger partial charge in [0.15, 0.2) is 11.5 Å². The summed E-state index contributed by atoms with van der Waals surface area (Å²) < 4.78 is 10.8. The van der Waals surface area contributed by atoms with Gasteiger partial charge >= 0.3 is 6.03 Å². The molecule has 0 saturated carbocycles. The van der Waals surface area contributed by atoms with Crippen molar-refractivity contribution in [3.63, 3.8) is 0 Å². The molecule has 112 valence electrons. The molecule has 0 aromatic heterocycles. The monoisotopic (exact) mass is 291 g/mol. The van der Waals surface area contributed by atoms with Gasteiger partial charge in [0.2, 0.25) is 12.7 Å². The van der Waals surface area contributed by atoms with E-state index in [1.165, 1.54) is 0 Å². The third-order valence-electron chi connectivity index (χ3n) is 3.60. The molecule has 1 fully saturated rings. The Balaban J connectivity index is 1.74. The summed E-state index contributed by atoms with van der Waals surface area (Å²) in [6.07, 6.45) is 0. The molecule has 7 nitrogen and oxygen atoms in total. The summed E-state index contributed by atoms with van der Waals surface area (Å²) in [4.78, 5) is 25.3. The molecule has 7 heteroatoms. The van der Waals surface area contributed by atoms with Gasteiger partial charge in [-0.3, -0.25) is 4.79 Å². The summed E-state index contributed by atoms with van der Waals surface area (Å²) in [5.41, 5.74) is 0.900. The molecule has 1 aromatic rings. The first kappa shape index (κ1) is 13.5. The van der Waals surface area contributed by atoms with Crippen molar-refractivity contribution >= 4 is 11.9 Å². The van der Waals surface area contributed by atoms with Crippen LogP contribution in [0, 0.1) is 0 Å². The molecule has 3 rings (SSSR count). The number of carbonyl (C=O) groups is 2. The molecule has 2 aliphatic heterocycles. The van der Waals surface area contributed by atoms with Gasteiger partial charge in [-0.05, 0) is 13.0 Å². The minimum Gasteiger partial charge on any atom is -0.454 e. The van der Waals surface area contributed by atoms with Crippen LogP contribution in [0.25, 0.3) is 0 Å². The van der Waals surface area contributed by atoms with Crippen LogP contribution >= 0.6 is 0 Å². The molecular formula is C14H17N3O4. The number of nitrogens with one attached hydrogen (secondary N) is 2. The maximum absolute atomic E-state index is 12.4. The van der Waals surface area contributed by atoms with Gasteiger partial charge in [0.1, 0.15) is 6.04 Å². The van der Waals surface area contributed by atoms with Crippen LogP contribution in [0.15, 0.2) is 18.2 Å². The zero-order valence-corrected chi connectivity index (χ0v) is 11.7. The minimum absolute atomic E-state index is 0.104. The standard InChI is InChI=1S/C14H17N3O4/c1-2-17(13(18)10-6-15-14(19)16-10)7-9-4-3-5-11-12(9)21-8-20-11/h3-5,10H,2,6-8H2,1H3,(H2,15,16,19)/t10-/m1/s1. The summed E-state index contributed by atoms with van der Waals surface area (Å²) in [5, 5.41) is 5.20. The summed E-state index contributed by atoms with van der Waals surface area (Å²) in [7, 11) is 0. The van der Waals surface area contributed by atoms with E-state index in [4.69, 9.17) is 9.47 Å².